The van der Waals surface area contributed by atoms with Gasteiger partial charge in [0, 0.05) is 17.3 Å². The fraction of sp³-hybridized carbons (Fsp3) is 0.0714. The van der Waals surface area contributed by atoms with Gasteiger partial charge in [-0.2, -0.15) is 0 Å². The molecule has 4 rings (SSSR count). The lowest BCUT2D eigenvalue weighted by atomic mass is 10.2. The molecule has 0 saturated carbocycles. The van der Waals surface area contributed by atoms with E-state index in [-0.39, 0.29) is 23.0 Å². The Balaban J connectivity index is 1.52. The number of carbonyl (C=O) groups excluding carboxylic acids is 1. The molecule has 2 aromatic heterocycles. The highest BCUT2D eigenvalue weighted by Crippen LogP contribution is 2.34. The van der Waals surface area contributed by atoms with Crippen LogP contribution in [0, 0.1) is 0 Å². The molecule has 1 aromatic carbocycles. The Bertz CT molecular complexity index is 828. The summed E-state index contributed by atoms with van der Waals surface area (Å²) in [6, 6.07) is 8.39. The molecule has 0 atom stereocenters. The van der Waals surface area contributed by atoms with E-state index in [0.29, 0.717) is 22.8 Å². The van der Waals surface area contributed by atoms with E-state index in [9.17, 15) is 4.79 Å². The van der Waals surface area contributed by atoms with Crippen LogP contribution in [0.3, 0.4) is 0 Å². The van der Waals surface area contributed by atoms with E-state index in [2.05, 4.69) is 10.2 Å². The molecule has 0 spiro atoms. The smallest absolute Gasteiger partial charge is 0.284 e. The van der Waals surface area contributed by atoms with E-state index in [4.69, 9.17) is 18.3 Å². The highest BCUT2D eigenvalue weighted by atomic mass is 32.2. The lowest BCUT2D eigenvalue weighted by molar-refractivity contribution is 0.108. The fourth-order valence-electron chi connectivity index (χ4n) is 1.91. The van der Waals surface area contributed by atoms with E-state index in [1.807, 2.05) is 0 Å². The van der Waals surface area contributed by atoms with Crippen molar-refractivity contribution in [3.63, 3.8) is 0 Å². The van der Waals surface area contributed by atoms with Crippen molar-refractivity contribution >= 4 is 16.9 Å². The topological polar surface area (TPSA) is 87.6 Å². The zero-order chi connectivity index (χ0) is 14.9. The monoisotopic (exact) mass is 316 g/mol. The molecule has 1 aliphatic heterocycles. The summed E-state index contributed by atoms with van der Waals surface area (Å²) in [6.07, 6.45) is 1.50. The summed E-state index contributed by atoms with van der Waals surface area (Å²) in [5.74, 6) is 1.86. The lowest BCUT2D eigenvalue weighted by Crippen LogP contribution is -1.94. The fourth-order valence-corrected chi connectivity index (χ4v) is 2.52. The second kappa shape index (κ2) is 5.23. The van der Waals surface area contributed by atoms with Crippen molar-refractivity contribution in [3.8, 4) is 23.1 Å². The SMILES string of the molecule is O=C(Sc1nnc(-c2ccco2)o1)c1ccc2c(c1)OCO2. The van der Waals surface area contributed by atoms with Gasteiger partial charge in [-0.15, -0.1) is 10.2 Å². The molecular formula is C14H8N2O5S. The van der Waals surface area contributed by atoms with Gasteiger partial charge in [-0.3, -0.25) is 4.79 Å². The molecule has 0 fully saturated rings. The number of rotatable bonds is 3. The molecule has 1 aliphatic rings. The number of aromatic nitrogens is 2. The molecular weight excluding hydrogens is 308 g/mol. The average molecular weight is 316 g/mol. The van der Waals surface area contributed by atoms with Gasteiger partial charge in [0.25, 0.3) is 11.1 Å². The third-order valence-corrected chi connectivity index (χ3v) is 3.69. The van der Waals surface area contributed by atoms with Crippen molar-refractivity contribution in [2.24, 2.45) is 0 Å². The van der Waals surface area contributed by atoms with Gasteiger partial charge in [0.15, 0.2) is 17.3 Å². The average Bonchev–Trinajstić information content (AvgIpc) is 3.27. The number of ether oxygens (including phenoxy) is 2. The van der Waals surface area contributed by atoms with Crippen LogP contribution in [0.4, 0.5) is 0 Å². The summed E-state index contributed by atoms with van der Waals surface area (Å²) in [7, 11) is 0. The quantitative estimate of drug-likeness (QED) is 0.681. The molecule has 7 nitrogen and oxygen atoms in total. The Kier molecular flexibility index (Phi) is 3.08. The van der Waals surface area contributed by atoms with Gasteiger partial charge < -0.3 is 18.3 Å². The van der Waals surface area contributed by atoms with Gasteiger partial charge >= 0.3 is 0 Å². The molecule has 0 N–H and O–H groups in total. The first-order chi connectivity index (χ1) is 10.8. The molecule has 3 heterocycles. The zero-order valence-corrected chi connectivity index (χ0v) is 11.8. The van der Waals surface area contributed by atoms with Crippen LogP contribution in [-0.4, -0.2) is 22.1 Å². The number of thioether (sulfide) groups is 1. The second-order valence-corrected chi connectivity index (χ2v) is 5.23. The van der Waals surface area contributed by atoms with Crippen molar-refractivity contribution in [1.82, 2.24) is 10.2 Å². The Labute approximate surface area is 128 Å². The maximum atomic E-state index is 12.2. The van der Waals surface area contributed by atoms with Crippen LogP contribution in [0.15, 0.2) is 50.7 Å². The Morgan fingerprint density at radius 3 is 2.91 bits per heavy atom. The van der Waals surface area contributed by atoms with Crippen LogP contribution in [0.1, 0.15) is 10.4 Å². The van der Waals surface area contributed by atoms with Crippen molar-refractivity contribution < 1.29 is 23.1 Å². The molecule has 0 unspecified atom stereocenters. The van der Waals surface area contributed by atoms with E-state index in [1.54, 1.807) is 30.3 Å². The molecule has 110 valence electrons. The maximum absolute atomic E-state index is 12.2. The van der Waals surface area contributed by atoms with Crippen molar-refractivity contribution in [3.05, 3.63) is 42.2 Å². The summed E-state index contributed by atoms with van der Waals surface area (Å²) in [5.41, 5.74) is 0.465. The lowest BCUT2D eigenvalue weighted by Gasteiger charge is -1.99. The predicted molar refractivity (Wildman–Crippen MR) is 74.8 cm³/mol. The van der Waals surface area contributed by atoms with E-state index < -0.39 is 0 Å². The van der Waals surface area contributed by atoms with Crippen LogP contribution < -0.4 is 9.47 Å². The first-order valence-electron chi connectivity index (χ1n) is 6.29. The van der Waals surface area contributed by atoms with Crippen LogP contribution in [-0.2, 0) is 0 Å². The minimum absolute atomic E-state index is 0.147. The Morgan fingerprint density at radius 1 is 1.14 bits per heavy atom. The molecule has 8 heteroatoms. The van der Waals surface area contributed by atoms with Crippen molar-refractivity contribution in [2.75, 3.05) is 6.79 Å². The first-order valence-corrected chi connectivity index (χ1v) is 7.10. The summed E-state index contributed by atoms with van der Waals surface area (Å²) in [4.78, 5) is 12.2. The molecule has 0 bridgehead atoms. The third kappa shape index (κ3) is 2.33. The standard InChI is InChI=1S/C14H8N2O5S/c17-13(8-3-4-9-11(6-8)20-7-19-9)22-14-16-15-12(21-14)10-2-1-5-18-10/h1-6H,7H2. The molecule has 22 heavy (non-hydrogen) atoms. The van der Waals surface area contributed by atoms with Crippen LogP contribution in [0.2, 0.25) is 0 Å². The number of hydrogen-bond acceptors (Lipinski definition) is 8. The normalized spacial score (nSPS) is 12.5. The predicted octanol–water partition coefficient (Wildman–Crippen LogP) is 2.99. The highest BCUT2D eigenvalue weighted by molar-refractivity contribution is 8.14. The number of benzene rings is 1. The molecule has 0 saturated heterocycles. The van der Waals surface area contributed by atoms with Crippen LogP contribution in [0.25, 0.3) is 11.7 Å². The van der Waals surface area contributed by atoms with Crippen LogP contribution >= 0.6 is 11.8 Å². The number of hydrogen-bond donors (Lipinski definition) is 0. The second-order valence-electron chi connectivity index (χ2n) is 4.31. The van der Waals surface area contributed by atoms with Gasteiger partial charge in [0.2, 0.25) is 11.9 Å². The van der Waals surface area contributed by atoms with E-state index >= 15 is 0 Å². The number of furan rings is 1. The van der Waals surface area contributed by atoms with Gasteiger partial charge in [-0.25, -0.2) is 0 Å². The molecule has 3 aromatic rings. The van der Waals surface area contributed by atoms with Crippen LogP contribution in [0.5, 0.6) is 11.5 Å². The Hall–Kier alpha value is -2.74. The minimum atomic E-state index is -0.229. The summed E-state index contributed by atoms with van der Waals surface area (Å²) < 4.78 is 21.0. The first kappa shape index (κ1) is 13.0. The number of fused-ring (bicyclic) bond motifs is 1. The molecule has 0 aliphatic carbocycles. The summed E-state index contributed by atoms with van der Waals surface area (Å²) in [6.45, 7) is 0.163. The minimum Gasteiger partial charge on any atom is -0.459 e. The maximum Gasteiger partial charge on any atom is 0.284 e. The Morgan fingerprint density at radius 2 is 2.05 bits per heavy atom. The molecule has 0 amide bonds. The number of carbonyl (C=O) groups is 1. The zero-order valence-electron chi connectivity index (χ0n) is 11.0. The summed E-state index contributed by atoms with van der Waals surface area (Å²) in [5, 5.41) is 7.57. The number of nitrogens with zero attached hydrogens (tertiary/aromatic N) is 2. The van der Waals surface area contributed by atoms with Gasteiger partial charge in [0.05, 0.1) is 6.26 Å². The largest absolute Gasteiger partial charge is 0.459 e. The van der Waals surface area contributed by atoms with Gasteiger partial charge in [0.1, 0.15) is 0 Å². The summed E-state index contributed by atoms with van der Waals surface area (Å²) >= 11 is 0.843. The van der Waals surface area contributed by atoms with Crippen molar-refractivity contribution in [2.45, 2.75) is 5.22 Å². The molecule has 0 radical (unpaired) electrons. The highest BCUT2D eigenvalue weighted by Gasteiger charge is 2.19. The van der Waals surface area contributed by atoms with Gasteiger partial charge in [-0.1, -0.05) is 0 Å². The van der Waals surface area contributed by atoms with E-state index in [1.165, 1.54) is 6.26 Å². The van der Waals surface area contributed by atoms with Gasteiger partial charge in [-0.05, 0) is 30.3 Å². The van der Waals surface area contributed by atoms with E-state index in [0.717, 1.165) is 11.8 Å². The van der Waals surface area contributed by atoms with Crippen molar-refractivity contribution in [1.29, 1.82) is 0 Å². The third-order valence-electron chi connectivity index (χ3n) is 2.93.